The molecule has 1 fully saturated rings. The number of methoxy groups -OCH3 is 1. The quantitative estimate of drug-likeness (QED) is 0.590. The molecule has 5 heteroatoms. The van der Waals surface area contributed by atoms with Crippen LogP contribution in [-0.2, 0) is 14.3 Å². The fourth-order valence-electron chi connectivity index (χ4n) is 2.44. The van der Waals surface area contributed by atoms with Crippen LogP contribution in [0.3, 0.4) is 0 Å². The van der Waals surface area contributed by atoms with E-state index in [2.05, 4.69) is 6.58 Å². The molecule has 0 aromatic rings. The van der Waals surface area contributed by atoms with Crippen molar-refractivity contribution in [2.45, 2.75) is 64.6 Å². The van der Waals surface area contributed by atoms with Crippen molar-refractivity contribution in [2.24, 2.45) is 0 Å². The van der Waals surface area contributed by atoms with Crippen molar-refractivity contribution < 1.29 is 19.1 Å². The Labute approximate surface area is 120 Å². The van der Waals surface area contributed by atoms with Crippen molar-refractivity contribution in [3.8, 4) is 0 Å². The Balaban J connectivity index is 2.92. The minimum Gasteiger partial charge on any atom is -0.467 e. The molecule has 0 aromatic heterocycles. The van der Waals surface area contributed by atoms with E-state index in [0.717, 1.165) is 12.0 Å². The number of ether oxygens (including phenoxy) is 2. The first-order chi connectivity index (χ1) is 9.15. The molecule has 1 heterocycles. The summed E-state index contributed by atoms with van der Waals surface area (Å²) in [5.74, 6) is -0.389. The van der Waals surface area contributed by atoms with Gasteiger partial charge in [0.1, 0.15) is 11.6 Å². The molecule has 0 spiro atoms. The first-order valence-electron chi connectivity index (χ1n) is 6.89. The first-order valence-corrected chi connectivity index (χ1v) is 6.89. The third-order valence-corrected chi connectivity index (χ3v) is 3.16. The molecule has 2 atom stereocenters. The molecule has 1 unspecified atom stereocenters. The maximum absolute atomic E-state index is 12.3. The van der Waals surface area contributed by atoms with Gasteiger partial charge in [0.2, 0.25) is 0 Å². The molecule has 5 nitrogen and oxygen atoms in total. The largest absolute Gasteiger partial charge is 0.467 e. The molecule has 0 saturated carbocycles. The van der Waals surface area contributed by atoms with E-state index >= 15 is 0 Å². The minimum absolute atomic E-state index is 0.0496. The number of carbonyl (C=O) groups is 2. The predicted octanol–water partition coefficient (Wildman–Crippen LogP) is 2.89. The van der Waals surface area contributed by atoms with Gasteiger partial charge < -0.3 is 9.47 Å². The molecule has 1 rings (SSSR count). The van der Waals surface area contributed by atoms with Gasteiger partial charge in [-0.3, -0.25) is 4.90 Å². The fourth-order valence-corrected chi connectivity index (χ4v) is 2.44. The van der Waals surface area contributed by atoms with Crippen LogP contribution < -0.4 is 0 Å². The number of nitrogens with zero attached hydrogens (tertiary/aromatic N) is 1. The summed E-state index contributed by atoms with van der Waals surface area (Å²) in [6.07, 6.45) is 1.57. The van der Waals surface area contributed by atoms with E-state index in [4.69, 9.17) is 9.47 Å². The Morgan fingerprint density at radius 1 is 1.30 bits per heavy atom. The molecule has 0 radical (unpaired) electrons. The predicted molar refractivity (Wildman–Crippen MR) is 76.3 cm³/mol. The second-order valence-electron chi connectivity index (χ2n) is 6.32. The number of carbonyl (C=O) groups excluding carboxylic acids is 2. The Morgan fingerprint density at radius 3 is 2.35 bits per heavy atom. The van der Waals surface area contributed by atoms with Crippen molar-refractivity contribution in [3.63, 3.8) is 0 Å². The van der Waals surface area contributed by atoms with Gasteiger partial charge >= 0.3 is 12.1 Å². The Morgan fingerprint density at radius 2 is 1.90 bits per heavy atom. The lowest BCUT2D eigenvalue weighted by Crippen LogP contribution is -2.47. The number of amides is 1. The maximum atomic E-state index is 12.3. The number of hydrogen-bond acceptors (Lipinski definition) is 4. The lowest BCUT2D eigenvalue weighted by Gasteiger charge is -2.31. The van der Waals surface area contributed by atoms with E-state index in [-0.39, 0.29) is 12.0 Å². The van der Waals surface area contributed by atoms with Crippen LogP contribution in [0.5, 0.6) is 0 Å². The van der Waals surface area contributed by atoms with Crippen molar-refractivity contribution >= 4 is 12.1 Å². The van der Waals surface area contributed by atoms with E-state index in [9.17, 15) is 9.59 Å². The number of esters is 1. The topological polar surface area (TPSA) is 55.8 Å². The van der Waals surface area contributed by atoms with Gasteiger partial charge in [0.05, 0.1) is 7.11 Å². The summed E-state index contributed by atoms with van der Waals surface area (Å²) in [6, 6.07) is -0.606. The van der Waals surface area contributed by atoms with Gasteiger partial charge in [-0.25, -0.2) is 9.59 Å². The van der Waals surface area contributed by atoms with Crippen LogP contribution in [-0.4, -0.2) is 41.8 Å². The Hall–Kier alpha value is -1.52. The van der Waals surface area contributed by atoms with E-state index in [1.165, 1.54) is 12.0 Å². The van der Waals surface area contributed by atoms with Crippen LogP contribution in [0.15, 0.2) is 12.2 Å². The summed E-state index contributed by atoms with van der Waals surface area (Å²) < 4.78 is 10.2. The molecular formula is C15H25NO4. The molecule has 1 amide bonds. The van der Waals surface area contributed by atoms with Crippen LogP contribution in [0.25, 0.3) is 0 Å². The zero-order valence-electron chi connectivity index (χ0n) is 13.1. The van der Waals surface area contributed by atoms with Gasteiger partial charge in [-0.15, -0.1) is 6.58 Å². The third kappa shape index (κ3) is 4.25. The Kier molecular flexibility index (Phi) is 5.20. The average molecular weight is 283 g/mol. The molecule has 0 aliphatic carbocycles. The van der Waals surface area contributed by atoms with Crippen LogP contribution >= 0.6 is 0 Å². The smallest absolute Gasteiger partial charge is 0.411 e. The van der Waals surface area contributed by atoms with Crippen LogP contribution in [0.2, 0.25) is 0 Å². The Bertz CT molecular complexity index is 397. The second-order valence-corrected chi connectivity index (χ2v) is 6.32. The monoisotopic (exact) mass is 283 g/mol. The summed E-state index contributed by atoms with van der Waals surface area (Å²) in [5, 5.41) is 0. The van der Waals surface area contributed by atoms with Gasteiger partial charge in [0.15, 0.2) is 0 Å². The number of hydrogen-bond donors (Lipinski definition) is 0. The average Bonchev–Trinajstić information content (AvgIpc) is 2.68. The zero-order chi connectivity index (χ0) is 15.5. The number of likely N-dealkylation sites (tertiary alicyclic amines) is 1. The summed E-state index contributed by atoms with van der Waals surface area (Å²) >= 11 is 0. The zero-order valence-corrected chi connectivity index (χ0v) is 13.1. The van der Waals surface area contributed by atoms with Gasteiger partial charge in [-0.05, 0) is 47.0 Å². The summed E-state index contributed by atoms with van der Waals surface area (Å²) in [7, 11) is 1.34. The molecule has 1 saturated heterocycles. The van der Waals surface area contributed by atoms with E-state index < -0.39 is 17.7 Å². The standard InChI is InChI=1S/C15H25NO4/c1-10(2)9-11-7-8-12(13(17)19-6)16(11)14(18)20-15(3,4)5/h11-12H,1,7-9H2,2-6H3/t11?,12-/m0/s1. The van der Waals surface area contributed by atoms with Gasteiger partial charge in [0.25, 0.3) is 0 Å². The van der Waals surface area contributed by atoms with Crippen molar-refractivity contribution in [1.82, 2.24) is 4.90 Å². The molecule has 114 valence electrons. The van der Waals surface area contributed by atoms with Crippen LogP contribution in [0, 0.1) is 0 Å². The second kappa shape index (κ2) is 6.29. The highest BCUT2D eigenvalue weighted by Gasteiger charge is 2.43. The molecule has 20 heavy (non-hydrogen) atoms. The molecule has 0 bridgehead atoms. The molecule has 1 aliphatic heterocycles. The van der Waals surface area contributed by atoms with Crippen molar-refractivity contribution in [1.29, 1.82) is 0 Å². The van der Waals surface area contributed by atoms with Crippen LogP contribution in [0.1, 0.15) is 47.0 Å². The molecule has 1 aliphatic rings. The molecular weight excluding hydrogens is 258 g/mol. The van der Waals surface area contributed by atoms with Gasteiger partial charge in [0, 0.05) is 6.04 Å². The normalized spacial score (nSPS) is 22.6. The van der Waals surface area contributed by atoms with Gasteiger partial charge in [-0.1, -0.05) is 5.57 Å². The van der Waals surface area contributed by atoms with Crippen molar-refractivity contribution in [3.05, 3.63) is 12.2 Å². The van der Waals surface area contributed by atoms with E-state index in [0.29, 0.717) is 12.8 Å². The summed E-state index contributed by atoms with van der Waals surface area (Å²) in [6.45, 7) is 11.2. The summed E-state index contributed by atoms with van der Waals surface area (Å²) in [5.41, 5.74) is 0.391. The van der Waals surface area contributed by atoms with E-state index in [1.54, 1.807) is 0 Å². The van der Waals surface area contributed by atoms with E-state index in [1.807, 2.05) is 27.7 Å². The SMILES string of the molecule is C=C(C)CC1CC[C@@H](C(=O)OC)N1C(=O)OC(C)(C)C. The minimum atomic E-state index is -0.589. The first kappa shape index (κ1) is 16.5. The molecule has 0 N–H and O–H groups in total. The highest BCUT2D eigenvalue weighted by Crippen LogP contribution is 2.30. The molecule has 0 aromatic carbocycles. The lowest BCUT2D eigenvalue weighted by atomic mass is 10.1. The van der Waals surface area contributed by atoms with Gasteiger partial charge in [-0.2, -0.15) is 0 Å². The highest BCUT2D eigenvalue weighted by atomic mass is 16.6. The van der Waals surface area contributed by atoms with Crippen molar-refractivity contribution in [2.75, 3.05) is 7.11 Å². The fraction of sp³-hybridized carbons (Fsp3) is 0.733. The highest BCUT2D eigenvalue weighted by molar-refractivity contribution is 5.82. The third-order valence-electron chi connectivity index (χ3n) is 3.16. The summed E-state index contributed by atoms with van der Waals surface area (Å²) in [4.78, 5) is 25.7. The number of rotatable bonds is 3. The van der Waals surface area contributed by atoms with Crippen LogP contribution in [0.4, 0.5) is 4.79 Å². The lowest BCUT2D eigenvalue weighted by molar-refractivity contribution is -0.146. The maximum Gasteiger partial charge on any atom is 0.411 e.